The molecular weight excluding hydrogens is 294 g/mol. The van der Waals surface area contributed by atoms with Crippen LogP contribution in [-0.2, 0) is 0 Å². The number of hydrogen-bond acceptors (Lipinski definition) is 5. The van der Waals surface area contributed by atoms with Gasteiger partial charge in [0.25, 0.3) is 0 Å². The molecule has 1 unspecified atom stereocenters. The van der Waals surface area contributed by atoms with Gasteiger partial charge < -0.3 is 9.63 Å². The largest absolute Gasteiger partial charge is 0.478 e. The van der Waals surface area contributed by atoms with Crippen LogP contribution < -0.4 is 0 Å². The molecule has 2 heterocycles. The fourth-order valence-electron chi connectivity index (χ4n) is 2.40. The van der Waals surface area contributed by atoms with E-state index in [4.69, 9.17) is 9.63 Å². The van der Waals surface area contributed by atoms with Crippen LogP contribution in [-0.4, -0.2) is 26.2 Å². The normalized spacial score (nSPS) is 12.0. The molecule has 0 radical (unpaired) electrons. The summed E-state index contributed by atoms with van der Waals surface area (Å²) in [5, 5.41) is 12.9. The van der Waals surface area contributed by atoms with Gasteiger partial charge in [0.1, 0.15) is 0 Å². The van der Waals surface area contributed by atoms with E-state index >= 15 is 0 Å². The van der Waals surface area contributed by atoms with Crippen molar-refractivity contribution < 1.29 is 14.4 Å². The summed E-state index contributed by atoms with van der Waals surface area (Å²) in [6, 6.07) is 10.2. The van der Waals surface area contributed by atoms with Gasteiger partial charge in [0, 0.05) is 18.0 Å². The van der Waals surface area contributed by atoms with Crippen LogP contribution in [0.3, 0.4) is 0 Å². The summed E-state index contributed by atoms with van der Waals surface area (Å²) in [5.74, 6) is 0.0343. The van der Waals surface area contributed by atoms with Gasteiger partial charge >= 0.3 is 5.97 Å². The Morgan fingerprint density at radius 2 is 1.87 bits per heavy atom. The lowest BCUT2D eigenvalue weighted by Crippen LogP contribution is -2.00. The number of pyridine rings is 1. The zero-order valence-corrected chi connectivity index (χ0v) is 12.5. The maximum Gasteiger partial charge on any atom is 0.335 e. The smallest absolute Gasteiger partial charge is 0.335 e. The molecule has 6 nitrogen and oxygen atoms in total. The number of carboxylic acid groups (broad SMARTS) is 1. The van der Waals surface area contributed by atoms with E-state index in [9.17, 15) is 4.79 Å². The van der Waals surface area contributed by atoms with E-state index in [-0.39, 0.29) is 11.5 Å². The van der Waals surface area contributed by atoms with Crippen molar-refractivity contribution in [3.05, 3.63) is 65.8 Å². The summed E-state index contributed by atoms with van der Waals surface area (Å²) >= 11 is 0. The molecule has 6 heteroatoms. The van der Waals surface area contributed by atoms with Gasteiger partial charge in [-0.25, -0.2) is 4.79 Å². The lowest BCUT2D eigenvalue weighted by molar-refractivity contribution is 0.0697. The maximum atomic E-state index is 10.9. The first-order valence-electron chi connectivity index (χ1n) is 7.26. The molecule has 0 aliphatic carbocycles. The second-order valence-corrected chi connectivity index (χ2v) is 5.08. The predicted molar refractivity (Wildman–Crippen MR) is 83.1 cm³/mol. The molecular formula is C17H15N3O3. The van der Waals surface area contributed by atoms with Crippen LogP contribution in [0.2, 0.25) is 0 Å². The first kappa shape index (κ1) is 14.9. The lowest BCUT2D eigenvalue weighted by atomic mass is 9.97. The Hall–Kier alpha value is -3.02. The van der Waals surface area contributed by atoms with E-state index in [1.165, 1.54) is 12.1 Å². The Balaban J connectivity index is 1.89. The Morgan fingerprint density at radius 1 is 1.17 bits per heavy atom. The van der Waals surface area contributed by atoms with E-state index in [1.807, 2.05) is 12.1 Å². The number of carbonyl (C=O) groups is 1. The summed E-state index contributed by atoms with van der Waals surface area (Å²) < 4.78 is 5.41. The van der Waals surface area contributed by atoms with E-state index < -0.39 is 5.97 Å². The summed E-state index contributed by atoms with van der Waals surface area (Å²) in [6.07, 6.45) is 4.30. The fourth-order valence-corrected chi connectivity index (χ4v) is 2.40. The average molecular weight is 309 g/mol. The lowest BCUT2D eigenvalue weighted by Gasteiger charge is -2.09. The van der Waals surface area contributed by atoms with Crippen molar-refractivity contribution in [3.63, 3.8) is 0 Å². The first-order chi connectivity index (χ1) is 11.2. The highest BCUT2D eigenvalue weighted by atomic mass is 16.5. The van der Waals surface area contributed by atoms with Crippen molar-refractivity contribution in [3.8, 4) is 11.4 Å². The van der Waals surface area contributed by atoms with Crippen molar-refractivity contribution in [2.24, 2.45) is 0 Å². The molecule has 1 atom stereocenters. The molecule has 0 saturated carbocycles. The zero-order valence-electron chi connectivity index (χ0n) is 12.5. The third kappa shape index (κ3) is 3.11. The minimum atomic E-state index is -0.964. The van der Waals surface area contributed by atoms with Crippen LogP contribution in [0.4, 0.5) is 0 Å². The van der Waals surface area contributed by atoms with Gasteiger partial charge in [-0.3, -0.25) is 4.98 Å². The van der Waals surface area contributed by atoms with E-state index in [0.29, 0.717) is 11.7 Å². The molecule has 0 aliphatic heterocycles. The number of hydrogen-bond donors (Lipinski definition) is 1. The van der Waals surface area contributed by atoms with Crippen molar-refractivity contribution in [1.82, 2.24) is 15.1 Å². The number of nitrogens with zero attached hydrogens (tertiary/aromatic N) is 3. The highest BCUT2D eigenvalue weighted by molar-refractivity contribution is 5.88. The molecule has 0 saturated heterocycles. The van der Waals surface area contributed by atoms with Gasteiger partial charge in [0.05, 0.1) is 11.5 Å². The molecule has 1 N–H and O–H groups in total. The van der Waals surface area contributed by atoms with Crippen molar-refractivity contribution >= 4 is 5.97 Å². The van der Waals surface area contributed by atoms with Crippen LogP contribution in [0.1, 0.15) is 41.1 Å². The third-order valence-electron chi connectivity index (χ3n) is 3.65. The number of aromatic nitrogens is 3. The van der Waals surface area contributed by atoms with Gasteiger partial charge in [0.2, 0.25) is 11.7 Å². The summed E-state index contributed by atoms with van der Waals surface area (Å²) in [7, 11) is 0. The van der Waals surface area contributed by atoms with Crippen molar-refractivity contribution in [1.29, 1.82) is 0 Å². The topological polar surface area (TPSA) is 89.1 Å². The van der Waals surface area contributed by atoms with Crippen LogP contribution in [0.25, 0.3) is 11.4 Å². The first-order valence-corrected chi connectivity index (χ1v) is 7.26. The van der Waals surface area contributed by atoms with Crippen LogP contribution in [0.15, 0.2) is 53.3 Å². The predicted octanol–water partition coefficient (Wildman–Crippen LogP) is 3.37. The van der Waals surface area contributed by atoms with Crippen LogP contribution in [0.5, 0.6) is 0 Å². The molecule has 0 bridgehead atoms. The number of aromatic carboxylic acids is 1. The van der Waals surface area contributed by atoms with Gasteiger partial charge in [-0.05, 0) is 36.2 Å². The highest BCUT2D eigenvalue weighted by Crippen LogP contribution is 2.28. The SMILES string of the molecule is CCC(c1ccncc1)c1nc(-c2ccc(C(=O)O)cc2)no1. The highest BCUT2D eigenvalue weighted by Gasteiger charge is 2.20. The average Bonchev–Trinajstić information content (AvgIpc) is 3.06. The van der Waals surface area contributed by atoms with E-state index in [2.05, 4.69) is 22.0 Å². The number of carboxylic acids is 1. The monoisotopic (exact) mass is 309 g/mol. The summed E-state index contributed by atoms with van der Waals surface area (Å²) in [4.78, 5) is 19.4. The Bertz CT molecular complexity index is 797. The Kier molecular flexibility index (Phi) is 4.14. The molecule has 0 fully saturated rings. The summed E-state index contributed by atoms with van der Waals surface area (Å²) in [5.41, 5.74) is 2.01. The van der Waals surface area contributed by atoms with Gasteiger partial charge in [-0.1, -0.05) is 24.2 Å². The van der Waals surface area contributed by atoms with E-state index in [1.54, 1.807) is 24.5 Å². The van der Waals surface area contributed by atoms with E-state index in [0.717, 1.165) is 17.5 Å². The maximum absolute atomic E-state index is 10.9. The molecule has 0 aliphatic rings. The van der Waals surface area contributed by atoms with Crippen LogP contribution >= 0.6 is 0 Å². The standard InChI is InChI=1S/C17H15N3O3/c1-2-14(11-7-9-18-10-8-11)16-19-15(20-23-16)12-3-5-13(6-4-12)17(21)22/h3-10,14H,2H2,1H3,(H,21,22). The molecule has 0 spiro atoms. The fraction of sp³-hybridized carbons (Fsp3) is 0.176. The second-order valence-electron chi connectivity index (χ2n) is 5.08. The minimum Gasteiger partial charge on any atom is -0.478 e. The third-order valence-corrected chi connectivity index (χ3v) is 3.65. The quantitative estimate of drug-likeness (QED) is 0.777. The summed E-state index contributed by atoms with van der Waals surface area (Å²) in [6.45, 7) is 2.05. The molecule has 116 valence electrons. The molecule has 1 aromatic carbocycles. The van der Waals surface area contributed by atoms with Crippen molar-refractivity contribution in [2.45, 2.75) is 19.3 Å². The second kappa shape index (κ2) is 6.39. The van der Waals surface area contributed by atoms with Gasteiger partial charge in [-0.2, -0.15) is 4.98 Å². The molecule has 0 amide bonds. The minimum absolute atomic E-state index is 0.0116. The van der Waals surface area contributed by atoms with Gasteiger partial charge in [-0.15, -0.1) is 0 Å². The Labute approximate surface area is 132 Å². The zero-order chi connectivity index (χ0) is 16.2. The molecule has 2 aromatic heterocycles. The van der Waals surface area contributed by atoms with Gasteiger partial charge in [0.15, 0.2) is 0 Å². The van der Waals surface area contributed by atoms with Crippen molar-refractivity contribution in [2.75, 3.05) is 0 Å². The number of rotatable bonds is 5. The molecule has 23 heavy (non-hydrogen) atoms. The van der Waals surface area contributed by atoms with Crippen LogP contribution in [0, 0.1) is 0 Å². The Morgan fingerprint density at radius 3 is 2.48 bits per heavy atom. The molecule has 3 aromatic rings. The molecule has 3 rings (SSSR count). The number of benzene rings is 1.